The Balaban J connectivity index is 2.54. The Labute approximate surface area is 89.1 Å². The summed E-state index contributed by atoms with van der Waals surface area (Å²) in [5, 5.41) is 0. The van der Waals surface area contributed by atoms with Gasteiger partial charge in [-0.1, -0.05) is 25.5 Å². The fourth-order valence-corrected chi connectivity index (χ4v) is 1.09. The van der Waals surface area contributed by atoms with Crippen LogP contribution in [0.15, 0.2) is 24.3 Å². The topological polar surface area (TPSA) is 43.4 Å². The van der Waals surface area contributed by atoms with Gasteiger partial charge in [-0.25, -0.2) is 4.79 Å². The third kappa shape index (κ3) is 3.54. The molecule has 1 aromatic rings. The van der Waals surface area contributed by atoms with Crippen molar-refractivity contribution in [3.05, 3.63) is 35.4 Å². The van der Waals surface area contributed by atoms with Crippen LogP contribution in [0.3, 0.4) is 0 Å². The molecule has 0 amide bonds. The summed E-state index contributed by atoms with van der Waals surface area (Å²) in [4.78, 5) is 21.8. The first-order valence-electron chi connectivity index (χ1n) is 5.00. The number of unbranched alkanes of at least 4 members (excludes halogenated alkanes) is 1. The van der Waals surface area contributed by atoms with Gasteiger partial charge in [-0.3, -0.25) is 4.79 Å². The van der Waals surface area contributed by atoms with Gasteiger partial charge >= 0.3 is 5.97 Å². The third-order valence-corrected chi connectivity index (χ3v) is 2.01. The second-order valence-corrected chi connectivity index (χ2v) is 3.23. The summed E-state index contributed by atoms with van der Waals surface area (Å²) in [6.45, 7) is 2.48. The molecule has 0 spiro atoms. The van der Waals surface area contributed by atoms with Crippen LogP contribution >= 0.6 is 0 Å². The molecule has 1 rings (SSSR count). The molecule has 0 heterocycles. The Morgan fingerprint density at radius 1 is 1.33 bits per heavy atom. The highest BCUT2D eigenvalue weighted by molar-refractivity contribution is 5.90. The Morgan fingerprint density at radius 3 is 2.53 bits per heavy atom. The van der Waals surface area contributed by atoms with Crippen LogP contribution in [-0.4, -0.2) is 18.9 Å². The molecular weight excluding hydrogens is 192 g/mol. The van der Waals surface area contributed by atoms with E-state index in [1.807, 2.05) is 6.92 Å². The predicted molar refractivity (Wildman–Crippen MR) is 57.0 cm³/mol. The Kier molecular flexibility index (Phi) is 4.54. The lowest BCUT2D eigenvalue weighted by Crippen LogP contribution is -2.06. The Hall–Kier alpha value is -1.64. The maximum atomic E-state index is 11.4. The molecule has 0 saturated heterocycles. The lowest BCUT2D eigenvalue weighted by Gasteiger charge is -2.03. The van der Waals surface area contributed by atoms with Crippen LogP contribution in [-0.2, 0) is 4.74 Å². The molecule has 3 nitrogen and oxygen atoms in total. The van der Waals surface area contributed by atoms with E-state index >= 15 is 0 Å². The summed E-state index contributed by atoms with van der Waals surface area (Å²) in [7, 11) is 0. The van der Waals surface area contributed by atoms with Crippen molar-refractivity contribution in [3.8, 4) is 0 Å². The minimum absolute atomic E-state index is 0.333. The smallest absolute Gasteiger partial charge is 0.338 e. The molecule has 3 heteroatoms. The van der Waals surface area contributed by atoms with Crippen molar-refractivity contribution in [1.29, 1.82) is 0 Å². The van der Waals surface area contributed by atoms with Crippen LogP contribution in [0.4, 0.5) is 0 Å². The van der Waals surface area contributed by atoms with Crippen molar-refractivity contribution in [1.82, 2.24) is 0 Å². The molecule has 0 saturated carbocycles. The Morgan fingerprint density at radius 2 is 2.00 bits per heavy atom. The predicted octanol–water partition coefficient (Wildman–Crippen LogP) is 2.46. The summed E-state index contributed by atoms with van der Waals surface area (Å²) < 4.78 is 5.01. The summed E-state index contributed by atoms with van der Waals surface area (Å²) >= 11 is 0. The molecule has 1 aromatic carbocycles. The van der Waals surface area contributed by atoms with Crippen molar-refractivity contribution in [3.63, 3.8) is 0 Å². The minimum Gasteiger partial charge on any atom is -0.462 e. The third-order valence-electron chi connectivity index (χ3n) is 2.01. The van der Waals surface area contributed by atoms with E-state index in [1.165, 1.54) is 0 Å². The van der Waals surface area contributed by atoms with Gasteiger partial charge in [0.1, 0.15) is 6.29 Å². The normalized spacial score (nSPS) is 9.67. The van der Waals surface area contributed by atoms with Crippen molar-refractivity contribution < 1.29 is 14.3 Å². The fourth-order valence-electron chi connectivity index (χ4n) is 1.09. The second-order valence-electron chi connectivity index (χ2n) is 3.23. The van der Waals surface area contributed by atoms with Gasteiger partial charge in [0, 0.05) is 5.56 Å². The average Bonchev–Trinajstić information content (AvgIpc) is 2.29. The first kappa shape index (κ1) is 11.4. The number of hydrogen-bond acceptors (Lipinski definition) is 3. The van der Waals surface area contributed by atoms with E-state index in [4.69, 9.17) is 4.74 Å². The zero-order valence-corrected chi connectivity index (χ0v) is 8.73. The van der Waals surface area contributed by atoms with Gasteiger partial charge < -0.3 is 4.74 Å². The highest BCUT2D eigenvalue weighted by Gasteiger charge is 2.05. The van der Waals surface area contributed by atoms with Crippen LogP contribution in [0.5, 0.6) is 0 Å². The molecule has 0 fully saturated rings. The first-order chi connectivity index (χ1) is 7.27. The van der Waals surface area contributed by atoms with Crippen LogP contribution in [0, 0.1) is 0 Å². The molecule has 80 valence electrons. The lowest BCUT2D eigenvalue weighted by molar-refractivity contribution is 0.0499. The van der Waals surface area contributed by atoms with Crippen molar-refractivity contribution in [2.75, 3.05) is 6.61 Å². The largest absolute Gasteiger partial charge is 0.462 e. The van der Waals surface area contributed by atoms with Gasteiger partial charge in [0.25, 0.3) is 0 Å². The number of benzene rings is 1. The summed E-state index contributed by atoms with van der Waals surface area (Å²) in [6.07, 6.45) is 2.61. The van der Waals surface area contributed by atoms with Crippen LogP contribution in [0.2, 0.25) is 0 Å². The zero-order chi connectivity index (χ0) is 11.1. The number of hydrogen-bond donors (Lipinski definition) is 0. The van der Waals surface area contributed by atoms with Gasteiger partial charge in [0.15, 0.2) is 0 Å². The molecule has 0 atom stereocenters. The van der Waals surface area contributed by atoms with E-state index in [0.717, 1.165) is 19.1 Å². The van der Waals surface area contributed by atoms with E-state index < -0.39 is 0 Å². The summed E-state index contributed by atoms with van der Waals surface area (Å²) in [6, 6.07) is 6.39. The van der Waals surface area contributed by atoms with Crippen LogP contribution in [0.25, 0.3) is 0 Å². The van der Waals surface area contributed by atoms with Gasteiger partial charge in [-0.05, 0) is 18.6 Å². The molecule has 0 radical (unpaired) electrons. The summed E-state index contributed by atoms with van der Waals surface area (Å²) in [5.41, 5.74) is 1.04. The number of aldehydes is 1. The maximum Gasteiger partial charge on any atom is 0.338 e. The van der Waals surface area contributed by atoms with Crippen molar-refractivity contribution >= 4 is 12.3 Å². The van der Waals surface area contributed by atoms with E-state index in [-0.39, 0.29) is 5.97 Å². The molecule has 0 unspecified atom stereocenters. The number of esters is 1. The number of carbonyl (C=O) groups is 2. The molecule has 0 aliphatic rings. The van der Waals surface area contributed by atoms with Gasteiger partial charge in [0.05, 0.1) is 12.2 Å². The number of ether oxygens (including phenoxy) is 1. The fraction of sp³-hybridized carbons (Fsp3) is 0.333. The average molecular weight is 206 g/mol. The zero-order valence-electron chi connectivity index (χ0n) is 8.73. The maximum absolute atomic E-state index is 11.4. The molecular formula is C12H14O3. The molecule has 15 heavy (non-hydrogen) atoms. The monoisotopic (exact) mass is 206 g/mol. The van der Waals surface area contributed by atoms with E-state index in [1.54, 1.807) is 24.3 Å². The molecule has 0 N–H and O–H groups in total. The lowest BCUT2D eigenvalue weighted by atomic mass is 10.1. The summed E-state index contributed by atoms with van der Waals surface area (Å²) in [5.74, 6) is -0.333. The highest BCUT2D eigenvalue weighted by Crippen LogP contribution is 2.04. The SMILES string of the molecule is CCCCOC(=O)c1ccc(C=O)cc1. The van der Waals surface area contributed by atoms with E-state index in [0.29, 0.717) is 17.7 Å². The second kappa shape index (κ2) is 5.96. The molecule has 0 aliphatic heterocycles. The van der Waals surface area contributed by atoms with Gasteiger partial charge in [0.2, 0.25) is 0 Å². The minimum atomic E-state index is -0.333. The van der Waals surface area contributed by atoms with E-state index in [2.05, 4.69) is 0 Å². The standard InChI is InChI=1S/C12H14O3/c1-2-3-8-15-12(14)11-6-4-10(9-13)5-7-11/h4-7,9H,2-3,8H2,1H3. The molecule has 0 aromatic heterocycles. The highest BCUT2D eigenvalue weighted by atomic mass is 16.5. The Bertz CT molecular complexity index is 327. The van der Waals surface area contributed by atoms with Crippen LogP contribution < -0.4 is 0 Å². The van der Waals surface area contributed by atoms with E-state index in [9.17, 15) is 9.59 Å². The quantitative estimate of drug-likeness (QED) is 0.422. The van der Waals surface area contributed by atoms with Crippen molar-refractivity contribution in [2.45, 2.75) is 19.8 Å². The van der Waals surface area contributed by atoms with Gasteiger partial charge in [-0.2, -0.15) is 0 Å². The first-order valence-corrected chi connectivity index (χ1v) is 5.00. The number of carbonyl (C=O) groups excluding carboxylic acids is 2. The van der Waals surface area contributed by atoms with Crippen molar-refractivity contribution in [2.24, 2.45) is 0 Å². The molecule has 0 bridgehead atoms. The van der Waals surface area contributed by atoms with Crippen LogP contribution in [0.1, 0.15) is 40.5 Å². The number of rotatable bonds is 5. The molecule has 0 aliphatic carbocycles. The van der Waals surface area contributed by atoms with Gasteiger partial charge in [-0.15, -0.1) is 0 Å².